The number of hydrogen-bond donors (Lipinski definition) is 0. The topological polar surface area (TPSA) is 30.9 Å². The van der Waals surface area contributed by atoms with Gasteiger partial charge in [-0.05, 0) is 37.4 Å². The number of methoxy groups -OCH3 is 3. The number of benzene rings is 1. The minimum Gasteiger partial charge on any atom is -0.493 e. The molecule has 0 bridgehead atoms. The molecule has 0 aliphatic carbocycles. The molecule has 1 aromatic carbocycles. The lowest BCUT2D eigenvalue weighted by Crippen LogP contribution is -2.31. The summed E-state index contributed by atoms with van der Waals surface area (Å²) in [5.74, 6) is 2.34. The Balaban J connectivity index is 2.18. The van der Waals surface area contributed by atoms with Crippen molar-refractivity contribution in [2.45, 2.75) is 25.3 Å². The molecule has 3 rings (SSSR count). The van der Waals surface area contributed by atoms with E-state index in [1.165, 1.54) is 30.5 Å². The van der Waals surface area contributed by atoms with E-state index in [2.05, 4.69) is 11.0 Å². The van der Waals surface area contributed by atoms with Crippen LogP contribution in [-0.4, -0.2) is 39.3 Å². The largest absolute Gasteiger partial charge is 0.493 e. The van der Waals surface area contributed by atoms with E-state index in [1.807, 2.05) is 0 Å². The highest BCUT2D eigenvalue weighted by Gasteiger charge is 2.35. The van der Waals surface area contributed by atoms with E-state index in [-0.39, 0.29) is 0 Å². The first-order valence-electron chi connectivity index (χ1n) is 6.86. The highest BCUT2D eigenvalue weighted by atomic mass is 16.5. The molecule has 1 unspecified atom stereocenters. The van der Waals surface area contributed by atoms with Crippen LogP contribution in [0.15, 0.2) is 6.07 Å². The Morgan fingerprint density at radius 3 is 2.53 bits per heavy atom. The van der Waals surface area contributed by atoms with Gasteiger partial charge in [0.15, 0.2) is 11.5 Å². The second kappa shape index (κ2) is 4.93. The standard InChI is InChI=1S/C15H21NO3/c1-17-12-9-10-6-8-16-7-4-5-11(16)13(10)15(19-3)14(12)18-2/h9,11H,4-8H2,1-3H3. The van der Waals surface area contributed by atoms with Gasteiger partial charge in [0, 0.05) is 18.2 Å². The maximum Gasteiger partial charge on any atom is 0.203 e. The van der Waals surface area contributed by atoms with E-state index in [1.54, 1.807) is 21.3 Å². The lowest BCUT2D eigenvalue weighted by Gasteiger charge is -2.33. The zero-order chi connectivity index (χ0) is 13.4. The van der Waals surface area contributed by atoms with Crippen LogP contribution < -0.4 is 14.2 Å². The summed E-state index contributed by atoms with van der Waals surface area (Å²) >= 11 is 0. The average Bonchev–Trinajstić information content (AvgIpc) is 2.93. The van der Waals surface area contributed by atoms with Crippen LogP contribution in [0.25, 0.3) is 0 Å². The Hall–Kier alpha value is -1.42. The zero-order valence-electron chi connectivity index (χ0n) is 11.9. The van der Waals surface area contributed by atoms with Gasteiger partial charge in [0.1, 0.15) is 0 Å². The van der Waals surface area contributed by atoms with E-state index >= 15 is 0 Å². The second-order valence-corrected chi connectivity index (χ2v) is 5.16. The highest BCUT2D eigenvalue weighted by Crippen LogP contribution is 2.49. The van der Waals surface area contributed by atoms with Gasteiger partial charge in [-0.25, -0.2) is 0 Å². The maximum atomic E-state index is 5.65. The van der Waals surface area contributed by atoms with Gasteiger partial charge < -0.3 is 14.2 Å². The number of fused-ring (bicyclic) bond motifs is 3. The summed E-state index contributed by atoms with van der Waals surface area (Å²) in [5, 5.41) is 0. The molecule has 2 aliphatic rings. The van der Waals surface area contributed by atoms with E-state index in [9.17, 15) is 0 Å². The molecule has 0 N–H and O–H groups in total. The molecule has 4 heteroatoms. The number of ether oxygens (including phenoxy) is 3. The first-order valence-corrected chi connectivity index (χ1v) is 6.86. The van der Waals surface area contributed by atoms with Crippen molar-refractivity contribution in [3.05, 3.63) is 17.2 Å². The van der Waals surface area contributed by atoms with Crippen LogP contribution in [0.3, 0.4) is 0 Å². The van der Waals surface area contributed by atoms with Crippen LogP contribution in [0.1, 0.15) is 30.0 Å². The van der Waals surface area contributed by atoms with Crippen molar-refractivity contribution in [2.24, 2.45) is 0 Å². The molecule has 0 aromatic heterocycles. The first-order chi connectivity index (χ1) is 9.30. The molecule has 19 heavy (non-hydrogen) atoms. The van der Waals surface area contributed by atoms with Gasteiger partial charge in [-0.2, -0.15) is 0 Å². The fourth-order valence-electron chi connectivity index (χ4n) is 3.49. The van der Waals surface area contributed by atoms with Crippen molar-refractivity contribution < 1.29 is 14.2 Å². The van der Waals surface area contributed by atoms with E-state index in [4.69, 9.17) is 14.2 Å². The van der Waals surface area contributed by atoms with Crippen LogP contribution in [0.4, 0.5) is 0 Å². The van der Waals surface area contributed by atoms with Gasteiger partial charge in [-0.1, -0.05) is 0 Å². The molecule has 1 atom stereocenters. The van der Waals surface area contributed by atoms with E-state index in [0.29, 0.717) is 6.04 Å². The van der Waals surface area contributed by atoms with Gasteiger partial charge in [0.25, 0.3) is 0 Å². The molecule has 0 radical (unpaired) electrons. The Bertz CT molecular complexity index is 487. The molecular formula is C15H21NO3. The molecule has 2 heterocycles. The zero-order valence-corrected chi connectivity index (χ0v) is 11.9. The van der Waals surface area contributed by atoms with Crippen molar-refractivity contribution in [1.29, 1.82) is 0 Å². The smallest absolute Gasteiger partial charge is 0.203 e. The average molecular weight is 263 g/mol. The monoisotopic (exact) mass is 263 g/mol. The SMILES string of the molecule is COc1cc2c(c(OC)c1OC)C1CCCN1CC2. The van der Waals surface area contributed by atoms with Gasteiger partial charge >= 0.3 is 0 Å². The van der Waals surface area contributed by atoms with Gasteiger partial charge in [0.05, 0.1) is 21.3 Å². The summed E-state index contributed by atoms with van der Waals surface area (Å²) in [7, 11) is 5.06. The van der Waals surface area contributed by atoms with Crippen LogP contribution in [0.5, 0.6) is 17.2 Å². The van der Waals surface area contributed by atoms with Crippen LogP contribution >= 0.6 is 0 Å². The second-order valence-electron chi connectivity index (χ2n) is 5.16. The summed E-state index contributed by atoms with van der Waals surface area (Å²) in [5.41, 5.74) is 2.65. The summed E-state index contributed by atoms with van der Waals surface area (Å²) in [6.45, 7) is 2.33. The Morgan fingerprint density at radius 2 is 1.84 bits per heavy atom. The third kappa shape index (κ3) is 1.86. The van der Waals surface area contributed by atoms with Crippen molar-refractivity contribution in [3.63, 3.8) is 0 Å². The predicted molar refractivity (Wildman–Crippen MR) is 73.4 cm³/mol. The Kier molecular flexibility index (Phi) is 3.27. The Morgan fingerprint density at radius 1 is 1.05 bits per heavy atom. The molecule has 2 aliphatic heterocycles. The first kappa shape index (κ1) is 12.6. The third-order valence-corrected chi connectivity index (χ3v) is 4.32. The number of nitrogens with zero attached hydrogens (tertiary/aromatic N) is 1. The predicted octanol–water partition coefficient (Wildman–Crippen LogP) is 2.41. The maximum absolute atomic E-state index is 5.65. The van der Waals surface area contributed by atoms with Gasteiger partial charge in [0.2, 0.25) is 5.75 Å². The number of rotatable bonds is 3. The summed E-state index contributed by atoms with van der Waals surface area (Å²) in [4.78, 5) is 2.55. The van der Waals surface area contributed by atoms with E-state index in [0.717, 1.165) is 30.2 Å². The molecular weight excluding hydrogens is 242 g/mol. The molecule has 1 saturated heterocycles. The fourth-order valence-corrected chi connectivity index (χ4v) is 3.49. The van der Waals surface area contributed by atoms with Crippen LogP contribution in [0.2, 0.25) is 0 Å². The van der Waals surface area contributed by atoms with Crippen LogP contribution in [-0.2, 0) is 6.42 Å². The Labute approximate surface area is 114 Å². The van der Waals surface area contributed by atoms with Crippen molar-refractivity contribution >= 4 is 0 Å². The molecule has 104 valence electrons. The van der Waals surface area contributed by atoms with E-state index < -0.39 is 0 Å². The van der Waals surface area contributed by atoms with Crippen molar-refractivity contribution in [1.82, 2.24) is 4.90 Å². The van der Waals surface area contributed by atoms with Crippen LogP contribution in [0, 0.1) is 0 Å². The third-order valence-electron chi connectivity index (χ3n) is 4.32. The molecule has 0 saturated carbocycles. The molecule has 0 amide bonds. The summed E-state index contributed by atoms with van der Waals surface area (Å²) in [6, 6.07) is 2.60. The summed E-state index contributed by atoms with van der Waals surface area (Å²) < 4.78 is 16.6. The lowest BCUT2D eigenvalue weighted by atomic mass is 9.91. The van der Waals surface area contributed by atoms with Crippen molar-refractivity contribution in [2.75, 3.05) is 34.4 Å². The number of hydrogen-bond acceptors (Lipinski definition) is 4. The highest BCUT2D eigenvalue weighted by molar-refractivity contribution is 5.61. The minimum atomic E-state index is 0.485. The molecule has 1 aromatic rings. The van der Waals surface area contributed by atoms with Gasteiger partial charge in [-0.3, -0.25) is 4.90 Å². The minimum absolute atomic E-state index is 0.485. The summed E-state index contributed by atoms with van der Waals surface area (Å²) in [6.07, 6.45) is 3.53. The fraction of sp³-hybridized carbons (Fsp3) is 0.600. The molecule has 1 fully saturated rings. The van der Waals surface area contributed by atoms with Crippen molar-refractivity contribution in [3.8, 4) is 17.2 Å². The normalized spacial score (nSPS) is 21.7. The lowest BCUT2D eigenvalue weighted by molar-refractivity contribution is 0.232. The van der Waals surface area contributed by atoms with Gasteiger partial charge in [-0.15, -0.1) is 0 Å². The quantitative estimate of drug-likeness (QED) is 0.838. The molecule has 4 nitrogen and oxygen atoms in total. The molecule has 0 spiro atoms.